The van der Waals surface area contributed by atoms with E-state index >= 15 is 0 Å². The Morgan fingerprint density at radius 1 is 0.933 bits per heavy atom. The molecule has 0 fully saturated rings. The van der Waals surface area contributed by atoms with Gasteiger partial charge in [0.1, 0.15) is 12.7 Å². The smallest absolute Gasteiger partial charge is 0.106 e. The first-order valence-electron chi connectivity index (χ1n) is 3.90. The lowest BCUT2D eigenvalue weighted by Crippen LogP contribution is -2.30. The number of nitrogens with zero attached hydrogens (tertiary/aromatic N) is 2. The van der Waals surface area contributed by atoms with Crippen LogP contribution in [0.1, 0.15) is 0 Å². The van der Waals surface area contributed by atoms with Gasteiger partial charge in [-0.25, -0.2) is 9.68 Å². The molecular weight excluding hydrogens is 216 g/mol. The summed E-state index contributed by atoms with van der Waals surface area (Å²) in [6, 6.07) is 0. The van der Waals surface area contributed by atoms with Crippen molar-refractivity contribution in [3.8, 4) is 0 Å². The zero-order valence-corrected chi connectivity index (χ0v) is 7.76. The lowest BCUT2D eigenvalue weighted by Gasteiger charge is -2.16. The topological polar surface area (TPSA) is 135 Å². The number of ether oxygens (including phenoxy) is 1. The third-order valence-electron chi connectivity index (χ3n) is 1.22. The Morgan fingerprint density at radius 2 is 1.53 bits per heavy atom. The highest BCUT2D eigenvalue weighted by Crippen LogP contribution is 1.94. The summed E-state index contributed by atoms with van der Waals surface area (Å²) < 4.78 is 4.89. The minimum atomic E-state index is -0.791. The quantitative estimate of drug-likeness (QED) is 0.232. The van der Waals surface area contributed by atoms with E-state index in [4.69, 9.17) is 30.7 Å². The van der Waals surface area contributed by atoms with Gasteiger partial charge in [0.05, 0.1) is 30.6 Å². The maximum absolute atomic E-state index is 8.71. The van der Waals surface area contributed by atoms with Crippen molar-refractivity contribution in [1.82, 2.24) is 10.8 Å². The summed E-state index contributed by atoms with van der Waals surface area (Å²) in [5.41, 5.74) is 0. The summed E-state index contributed by atoms with van der Waals surface area (Å²) in [5.74, 6) is 0. The van der Waals surface area contributed by atoms with Crippen LogP contribution in [0.15, 0.2) is 0 Å². The van der Waals surface area contributed by atoms with E-state index in [0.717, 1.165) is 0 Å². The van der Waals surface area contributed by atoms with Crippen LogP contribution in [0.4, 0.5) is 0 Å². The molecule has 0 aliphatic heterocycles. The maximum Gasteiger partial charge on any atom is 0.106 e. The molecule has 1 unspecified atom stereocenters. The number of hydrogen-bond acceptors (Lipinski definition) is 10. The van der Waals surface area contributed by atoms with Crippen molar-refractivity contribution in [2.45, 2.75) is 6.10 Å². The summed E-state index contributed by atoms with van der Waals surface area (Å²) in [6.45, 7) is -0.907. The first kappa shape index (κ1) is 14.6. The Bertz CT molecular complexity index is 145. The summed E-state index contributed by atoms with van der Waals surface area (Å²) in [6.07, 6.45) is -0.791. The van der Waals surface area contributed by atoms with Gasteiger partial charge in [0.2, 0.25) is 0 Å². The monoisotopic (exact) mass is 230 g/mol. The lowest BCUT2D eigenvalue weighted by molar-refractivity contribution is -0.497. The SMILES string of the molecule is OCC(CON(O)O)OCCON(O)O. The fraction of sp³-hybridized carbons (Fsp3) is 1.00. The van der Waals surface area contributed by atoms with Crippen molar-refractivity contribution in [2.75, 3.05) is 26.4 Å². The third-order valence-corrected chi connectivity index (χ3v) is 1.22. The predicted molar refractivity (Wildman–Crippen MR) is 39.6 cm³/mol. The Balaban J connectivity index is 3.44. The molecule has 0 radical (unpaired) electrons. The van der Waals surface area contributed by atoms with Crippen molar-refractivity contribution >= 4 is 0 Å². The number of hydrogen-bond donors (Lipinski definition) is 5. The van der Waals surface area contributed by atoms with Crippen LogP contribution in [-0.2, 0) is 14.4 Å². The summed E-state index contributed by atoms with van der Waals surface area (Å²) >= 11 is 0. The highest BCUT2D eigenvalue weighted by Gasteiger charge is 2.10. The van der Waals surface area contributed by atoms with Crippen LogP contribution in [0, 0.1) is 0 Å². The Kier molecular flexibility index (Phi) is 8.64. The molecule has 0 heterocycles. The van der Waals surface area contributed by atoms with E-state index in [1.165, 1.54) is 0 Å². The van der Waals surface area contributed by atoms with Crippen molar-refractivity contribution in [1.29, 1.82) is 0 Å². The molecule has 0 aromatic rings. The van der Waals surface area contributed by atoms with Crippen molar-refractivity contribution in [2.24, 2.45) is 0 Å². The van der Waals surface area contributed by atoms with Crippen LogP contribution in [0.5, 0.6) is 0 Å². The van der Waals surface area contributed by atoms with E-state index in [1.54, 1.807) is 0 Å². The minimum Gasteiger partial charge on any atom is -0.394 e. The van der Waals surface area contributed by atoms with Gasteiger partial charge in [0.15, 0.2) is 0 Å². The fourth-order valence-electron chi connectivity index (χ4n) is 0.637. The van der Waals surface area contributed by atoms with Gasteiger partial charge in [-0.3, -0.25) is 20.8 Å². The molecule has 0 amide bonds. The highest BCUT2D eigenvalue weighted by molar-refractivity contribution is 4.52. The van der Waals surface area contributed by atoms with E-state index in [9.17, 15) is 0 Å². The standard InChI is InChI=1S/C5H14N2O8/c8-3-5(4-15-7(11)12)13-1-2-14-6(9)10/h5,8-12H,1-4H2. The second kappa shape index (κ2) is 8.87. The average Bonchev–Trinajstić information content (AvgIpc) is 2.16. The molecule has 0 aliphatic carbocycles. The molecule has 0 aromatic carbocycles. The van der Waals surface area contributed by atoms with Gasteiger partial charge in [-0.2, -0.15) is 0 Å². The Morgan fingerprint density at radius 3 is 2.00 bits per heavy atom. The van der Waals surface area contributed by atoms with Gasteiger partial charge in [-0.05, 0) is 0 Å². The van der Waals surface area contributed by atoms with Crippen LogP contribution >= 0.6 is 0 Å². The Labute approximate surface area is 84.8 Å². The average molecular weight is 230 g/mol. The largest absolute Gasteiger partial charge is 0.394 e. The summed E-state index contributed by atoms with van der Waals surface area (Å²) in [5, 5.41) is 40.3. The molecule has 10 nitrogen and oxygen atoms in total. The molecule has 0 aromatic heterocycles. The van der Waals surface area contributed by atoms with Crippen LogP contribution in [-0.4, -0.2) is 69.2 Å². The molecule has 92 valence electrons. The van der Waals surface area contributed by atoms with Crippen LogP contribution in [0.2, 0.25) is 0 Å². The second-order valence-electron chi connectivity index (χ2n) is 2.31. The number of aliphatic hydroxyl groups excluding tert-OH is 1. The first-order valence-corrected chi connectivity index (χ1v) is 3.90. The third kappa shape index (κ3) is 9.89. The van der Waals surface area contributed by atoms with E-state index < -0.39 is 23.5 Å². The molecule has 5 N–H and O–H groups in total. The van der Waals surface area contributed by atoms with Crippen molar-refractivity contribution in [3.63, 3.8) is 0 Å². The first-order chi connectivity index (χ1) is 7.06. The van der Waals surface area contributed by atoms with Crippen LogP contribution < -0.4 is 0 Å². The summed E-state index contributed by atoms with van der Waals surface area (Å²) in [7, 11) is 0. The normalized spacial score (nSPS) is 13.8. The highest BCUT2D eigenvalue weighted by atomic mass is 17.1. The van der Waals surface area contributed by atoms with Gasteiger partial charge in [0, 0.05) is 0 Å². The molecule has 10 heteroatoms. The van der Waals surface area contributed by atoms with Gasteiger partial charge < -0.3 is 9.84 Å². The maximum atomic E-state index is 8.71. The van der Waals surface area contributed by atoms with Gasteiger partial charge in [-0.15, -0.1) is 0 Å². The molecule has 0 saturated carbocycles. The number of aliphatic hydroxyl groups is 1. The predicted octanol–water partition coefficient (Wildman–Crippen LogP) is -1.61. The van der Waals surface area contributed by atoms with E-state index in [0.29, 0.717) is 0 Å². The molecule has 0 aliphatic rings. The zero-order valence-electron chi connectivity index (χ0n) is 7.76. The van der Waals surface area contributed by atoms with E-state index in [-0.39, 0.29) is 19.8 Å². The molecule has 1 atom stereocenters. The van der Waals surface area contributed by atoms with Gasteiger partial charge in [0.25, 0.3) is 0 Å². The van der Waals surface area contributed by atoms with Crippen LogP contribution in [0.3, 0.4) is 0 Å². The van der Waals surface area contributed by atoms with Gasteiger partial charge >= 0.3 is 0 Å². The molecule has 15 heavy (non-hydrogen) atoms. The van der Waals surface area contributed by atoms with Crippen molar-refractivity contribution in [3.05, 3.63) is 0 Å². The number of rotatable bonds is 9. The zero-order chi connectivity index (χ0) is 11.7. The van der Waals surface area contributed by atoms with Crippen LogP contribution in [0.25, 0.3) is 0 Å². The van der Waals surface area contributed by atoms with Crippen molar-refractivity contribution < 1.29 is 40.3 Å². The molecule has 0 bridgehead atoms. The second-order valence-corrected chi connectivity index (χ2v) is 2.31. The van der Waals surface area contributed by atoms with E-state index in [2.05, 4.69) is 9.68 Å². The minimum absolute atomic E-state index is 0.0525. The Hall–Kier alpha value is -0.400. The van der Waals surface area contributed by atoms with E-state index in [1.807, 2.05) is 0 Å². The molecule has 0 rings (SSSR count). The molecule has 0 spiro atoms. The molecule has 0 saturated heterocycles. The fourth-order valence-corrected chi connectivity index (χ4v) is 0.637. The lowest BCUT2D eigenvalue weighted by atomic mass is 10.4. The molecular formula is C5H14N2O8. The summed E-state index contributed by atoms with van der Waals surface area (Å²) in [4.78, 5) is 8.33. The van der Waals surface area contributed by atoms with Gasteiger partial charge in [-0.1, -0.05) is 0 Å².